The van der Waals surface area contributed by atoms with Crippen molar-refractivity contribution in [3.05, 3.63) is 55.0 Å². The molecule has 1 saturated heterocycles. The van der Waals surface area contributed by atoms with Gasteiger partial charge in [-0.15, -0.1) is 0 Å². The second kappa shape index (κ2) is 10.3. The normalized spacial score (nSPS) is 17.6. The first-order chi connectivity index (χ1) is 19.2. The standard InChI is InChI=1S/C31H35N7O/c39-31(20-8-3-1-4-9-20)34-23-14-21(17-32-19-23)22-15-25-29(36-37-30(25)33-18-22)27-16-24-26(35-27)10-7-11-28(24)38-12-5-2-6-13-38/h7,10-11,14-20,31,34-35,39H,1-6,8-9,12-13H2,(H,33,36,37). The molecule has 1 aliphatic heterocycles. The number of benzene rings is 1. The molecular formula is C31H35N7O. The molecule has 8 heteroatoms. The van der Waals surface area contributed by atoms with E-state index in [9.17, 15) is 5.11 Å². The molecule has 0 amide bonds. The Bertz CT molecular complexity index is 1590. The average Bonchev–Trinajstić information content (AvgIpc) is 3.62. The first kappa shape index (κ1) is 24.2. The van der Waals surface area contributed by atoms with Gasteiger partial charge in [-0.2, -0.15) is 5.10 Å². The number of hydrogen-bond donors (Lipinski definition) is 4. The van der Waals surface area contributed by atoms with Crippen LogP contribution in [0.25, 0.3) is 44.5 Å². The van der Waals surface area contributed by atoms with E-state index >= 15 is 0 Å². The van der Waals surface area contributed by atoms with E-state index in [0.29, 0.717) is 5.92 Å². The number of nitrogens with zero attached hydrogens (tertiary/aromatic N) is 4. The van der Waals surface area contributed by atoms with Gasteiger partial charge in [0.1, 0.15) is 11.9 Å². The van der Waals surface area contributed by atoms with Crippen LogP contribution >= 0.6 is 0 Å². The van der Waals surface area contributed by atoms with Crippen LogP contribution in [0.2, 0.25) is 0 Å². The summed E-state index contributed by atoms with van der Waals surface area (Å²) in [6.45, 7) is 2.22. The van der Waals surface area contributed by atoms with Gasteiger partial charge in [0.05, 0.1) is 17.6 Å². The van der Waals surface area contributed by atoms with Crippen LogP contribution < -0.4 is 10.2 Å². The van der Waals surface area contributed by atoms with E-state index in [2.05, 4.69) is 65.7 Å². The van der Waals surface area contributed by atoms with Crippen molar-refractivity contribution in [1.29, 1.82) is 0 Å². The zero-order valence-corrected chi connectivity index (χ0v) is 22.2. The van der Waals surface area contributed by atoms with Gasteiger partial charge in [-0.1, -0.05) is 25.3 Å². The molecule has 5 aromatic rings. The molecule has 0 bridgehead atoms. The van der Waals surface area contributed by atoms with E-state index in [1.807, 2.05) is 18.5 Å². The number of H-pyrrole nitrogens is 2. The minimum absolute atomic E-state index is 0.292. The summed E-state index contributed by atoms with van der Waals surface area (Å²) in [5, 5.41) is 24.0. The van der Waals surface area contributed by atoms with Gasteiger partial charge in [0.15, 0.2) is 5.65 Å². The molecule has 1 aliphatic carbocycles. The Balaban J connectivity index is 1.20. The van der Waals surface area contributed by atoms with E-state index in [-0.39, 0.29) is 0 Å². The first-order valence-corrected chi connectivity index (χ1v) is 14.3. The zero-order valence-electron chi connectivity index (χ0n) is 22.2. The van der Waals surface area contributed by atoms with Gasteiger partial charge < -0.3 is 20.3 Å². The van der Waals surface area contributed by atoms with Crippen LogP contribution in [-0.4, -0.2) is 49.6 Å². The van der Waals surface area contributed by atoms with Gasteiger partial charge in [-0.3, -0.25) is 10.1 Å². The zero-order chi connectivity index (χ0) is 26.2. The molecule has 1 atom stereocenters. The van der Waals surface area contributed by atoms with Crippen LogP contribution in [-0.2, 0) is 0 Å². The number of aromatic nitrogens is 5. The summed E-state index contributed by atoms with van der Waals surface area (Å²) < 4.78 is 0. The van der Waals surface area contributed by atoms with Crippen LogP contribution in [0.1, 0.15) is 51.4 Å². The molecule has 2 aliphatic rings. The lowest BCUT2D eigenvalue weighted by Gasteiger charge is -2.29. The first-order valence-electron chi connectivity index (χ1n) is 14.3. The average molecular weight is 522 g/mol. The fourth-order valence-corrected chi connectivity index (χ4v) is 6.36. The Morgan fingerprint density at radius 3 is 2.59 bits per heavy atom. The van der Waals surface area contributed by atoms with Crippen molar-refractivity contribution < 1.29 is 5.11 Å². The van der Waals surface area contributed by atoms with Gasteiger partial charge in [-0.05, 0) is 62.4 Å². The summed E-state index contributed by atoms with van der Waals surface area (Å²) in [4.78, 5) is 15.2. The van der Waals surface area contributed by atoms with Crippen molar-refractivity contribution >= 4 is 33.3 Å². The molecule has 1 saturated carbocycles. The molecule has 2 fully saturated rings. The minimum Gasteiger partial charge on any atom is -0.374 e. The predicted molar refractivity (Wildman–Crippen MR) is 157 cm³/mol. The lowest BCUT2D eigenvalue weighted by atomic mass is 9.88. The second-order valence-electron chi connectivity index (χ2n) is 11.1. The Morgan fingerprint density at radius 1 is 0.897 bits per heavy atom. The summed E-state index contributed by atoms with van der Waals surface area (Å²) in [5.41, 5.74) is 7.71. The van der Waals surface area contributed by atoms with Gasteiger partial charge in [-0.25, -0.2) is 4.98 Å². The third-order valence-corrected chi connectivity index (χ3v) is 8.49. The highest BCUT2D eigenvalue weighted by Crippen LogP contribution is 2.35. The van der Waals surface area contributed by atoms with Crippen molar-refractivity contribution in [2.45, 2.75) is 57.6 Å². The summed E-state index contributed by atoms with van der Waals surface area (Å²) in [7, 11) is 0. The summed E-state index contributed by atoms with van der Waals surface area (Å²) >= 11 is 0. The van der Waals surface area contributed by atoms with Crippen molar-refractivity contribution in [3.63, 3.8) is 0 Å². The molecule has 7 rings (SSSR count). The lowest BCUT2D eigenvalue weighted by Crippen LogP contribution is -2.30. The molecule has 8 nitrogen and oxygen atoms in total. The van der Waals surface area contributed by atoms with E-state index in [0.717, 1.165) is 70.7 Å². The summed E-state index contributed by atoms with van der Waals surface area (Å²) in [5.74, 6) is 0.292. The van der Waals surface area contributed by atoms with Gasteiger partial charge in [0.2, 0.25) is 0 Å². The van der Waals surface area contributed by atoms with E-state index < -0.39 is 6.23 Å². The van der Waals surface area contributed by atoms with Crippen molar-refractivity contribution in [3.8, 4) is 22.5 Å². The molecule has 0 spiro atoms. The number of hydrogen-bond acceptors (Lipinski definition) is 6. The van der Waals surface area contributed by atoms with Crippen LogP contribution in [0.4, 0.5) is 11.4 Å². The number of aromatic amines is 2. The monoisotopic (exact) mass is 521 g/mol. The molecule has 4 N–H and O–H groups in total. The maximum Gasteiger partial charge on any atom is 0.155 e. The number of aliphatic hydroxyl groups is 1. The van der Waals surface area contributed by atoms with E-state index in [1.165, 1.54) is 49.6 Å². The molecule has 200 valence electrons. The van der Waals surface area contributed by atoms with Gasteiger partial charge >= 0.3 is 0 Å². The second-order valence-corrected chi connectivity index (χ2v) is 11.1. The Labute approximate surface area is 227 Å². The van der Waals surface area contributed by atoms with E-state index in [1.54, 1.807) is 6.20 Å². The van der Waals surface area contributed by atoms with Gasteiger partial charge in [0.25, 0.3) is 0 Å². The Kier molecular flexibility index (Phi) is 6.40. The van der Waals surface area contributed by atoms with Crippen molar-refractivity contribution in [2.75, 3.05) is 23.3 Å². The third-order valence-electron chi connectivity index (χ3n) is 8.49. The van der Waals surface area contributed by atoms with Crippen LogP contribution in [0.5, 0.6) is 0 Å². The van der Waals surface area contributed by atoms with Crippen molar-refractivity contribution in [1.82, 2.24) is 25.1 Å². The number of anilines is 2. The molecule has 0 radical (unpaired) electrons. The Hall–Kier alpha value is -3.91. The number of pyridine rings is 2. The Morgan fingerprint density at radius 2 is 1.72 bits per heavy atom. The number of piperidine rings is 1. The van der Waals surface area contributed by atoms with Gasteiger partial charge in [0, 0.05) is 64.5 Å². The fraction of sp³-hybridized carbons (Fsp3) is 0.387. The largest absolute Gasteiger partial charge is 0.374 e. The molecule has 5 heterocycles. The topological polar surface area (TPSA) is 106 Å². The fourth-order valence-electron chi connectivity index (χ4n) is 6.36. The maximum absolute atomic E-state index is 10.8. The lowest BCUT2D eigenvalue weighted by molar-refractivity contribution is 0.109. The summed E-state index contributed by atoms with van der Waals surface area (Å²) in [6.07, 6.45) is 14.5. The maximum atomic E-state index is 10.8. The van der Waals surface area contributed by atoms with Crippen LogP contribution in [0.3, 0.4) is 0 Å². The van der Waals surface area contributed by atoms with Crippen LogP contribution in [0.15, 0.2) is 55.0 Å². The highest BCUT2D eigenvalue weighted by molar-refractivity contribution is 6.00. The molecule has 1 unspecified atom stereocenters. The van der Waals surface area contributed by atoms with Crippen LogP contribution in [0, 0.1) is 5.92 Å². The number of aliphatic hydroxyl groups excluding tert-OH is 1. The number of rotatable bonds is 6. The number of fused-ring (bicyclic) bond motifs is 2. The van der Waals surface area contributed by atoms with Crippen molar-refractivity contribution in [2.24, 2.45) is 5.92 Å². The molecule has 1 aromatic carbocycles. The predicted octanol–water partition coefficient (Wildman–Crippen LogP) is 6.47. The minimum atomic E-state index is -0.555. The summed E-state index contributed by atoms with van der Waals surface area (Å²) in [6, 6.07) is 12.9. The SMILES string of the molecule is OC(Nc1cncc(-c2cnc3[nH]nc(-c4cc5c(N6CCCCC6)cccc5[nH]4)c3c2)c1)C1CCCCC1. The highest BCUT2D eigenvalue weighted by Gasteiger charge is 2.22. The molecule has 4 aromatic heterocycles. The number of nitrogens with one attached hydrogen (secondary N) is 3. The molecular weight excluding hydrogens is 486 g/mol. The molecule has 39 heavy (non-hydrogen) atoms. The highest BCUT2D eigenvalue weighted by atomic mass is 16.3. The quantitative estimate of drug-likeness (QED) is 0.191. The third kappa shape index (κ3) is 4.74. The smallest absolute Gasteiger partial charge is 0.155 e. The van der Waals surface area contributed by atoms with E-state index in [4.69, 9.17) is 0 Å².